The van der Waals surface area contributed by atoms with E-state index in [1.165, 1.54) is 6.92 Å². The monoisotopic (exact) mass is 228 g/mol. The topological polar surface area (TPSA) is 69.6 Å². The van der Waals surface area contributed by atoms with Gasteiger partial charge in [-0.3, -0.25) is 9.59 Å². The number of carboxylic acid groups (broad SMARTS) is 1. The Morgan fingerprint density at radius 2 is 2.12 bits per heavy atom. The van der Waals surface area contributed by atoms with Gasteiger partial charge >= 0.3 is 5.97 Å². The zero-order valence-electron chi connectivity index (χ0n) is 9.90. The van der Waals surface area contributed by atoms with E-state index in [1.807, 2.05) is 6.92 Å². The number of rotatable bonds is 4. The molecule has 0 aromatic heterocycles. The zero-order valence-corrected chi connectivity index (χ0v) is 9.90. The standard InChI is InChI=1S/C11H20N2O3/c1-3-13-6-9(5-11(15)16)4-10(7-13)12-8(2)14/h9-10H,3-7H2,1-2H3,(H,12,14)(H,15,16). The first kappa shape index (κ1) is 13.0. The van der Waals surface area contributed by atoms with Crippen molar-refractivity contribution in [2.24, 2.45) is 5.92 Å². The number of nitrogens with zero attached hydrogens (tertiary/aromatic N) is 1. The number of hydrogen-bond acceptors (Lipinski definition) is 3. The van der Waals surface area contributed by atoms with Crippen LogP contribution >= 0.6 is 0 Å². The highest BCUT2D eigenvalue weighted by atomic mass is 16.4. The van der Waals surface area contributed by atoms with Crippen LogP contribution in [0.1, 0.15) is 26.7 Å². The normalized spacial score (nSPS) is 26.4. The highest BCUT2D eigenvalue weighted by Gasteiger charge is 2.28. The summed E-state index contributed by atoms with van der Waals surface area (Å²) in [4.78, 5) is 23.9. The molecule has 1 saturated heterocycles. The van der Waals surface area contributed by atoms with Crippen molar-refractivity contribution in [2.75, 3.05) is 19.6 Å². The number of carboxylic acids is 1. The number of amides is 1. The lowest BCUT2D eigenvalue weighted by molar-refractivity contribution is -0.138. The molecule has 0 radical (unpaired) electrons. The maximum Gasteiger partial charge on any atom is 0.303 e. The molecule has 16 heavy (non-hydrogen) atoms. The number of nitrogens with one attached hydrogen (secondary N) is 1. The molecule has 1 aliphatic rings. The van der Waals surface area contributed by atoms with Crippen LogP contribution in [0.2, 0.25) is 0 Å². The summed E-state index contributed by atoms with van der Waals surface area (Å²) in [7, 11) is 0. The van der Waals surface area contributed by atoms with Gasteiger partial charge in [-0.05, 0) is 18.9 Å². The minimum Gasteiger partial charge on any atom is -0.481 e. The molecule has 1 amide bonds. The van der Waals surface area contributed by atoms with Crippen molar-refractivity contribution in [3.05, 3.63) is 0 Å². The molecule has 1 aliphatic heterocycles. The predicted molar refractivity (Wildman–Crippen MR) is 60.1 cm³/mol. The smallest absolute Gasteiger partial charge is 0.303 e. The lowest BCUT2D eigenvalue weighted by Gasteiger charge is -2.36. The summed E-state index contributed by atoms with van der Waals surface area (Å²) in [6.45, 7) is 6.09. The number of aliphatic carboxylic acids is 1. The Hall–Kier alpha value is -1.10. The van der Waals surface area contributed by atoms with E-state index in [1.54, 1.807) is 0 Å². The fraction of sp³-hybridized carbons (Fsp3) is 0.818. The summed E-state index contributed by atoms with van der Waals surface area (Å²) >= 11 is 0. The van der Waals surface area contributed by atoms with Crippen molar-refractivity contribution in [2.45, 2.75) is 32.7 Å². The molecule has 5 nitrogen and oxygen atoms in total. The minimum absolute atomic E-state index is 0.0444. The first-order chi connectivity index (χ1) is 7.51. The SMILES string of the molecule is CCN1CC(CC(=O)O)CC(NC(C)=O)C1. The molecule has 0 aromatic carbocycles. The molecule has 0 spiro atoms. The van der Waals surface area contributed by atoms with Gasteiger partial charge < -0.3 is 15.3 Å². The molecule has 2 unspecified atom stereocenters. The Bertz CT molecular complexity index is 244. The van der Waals surface area contributed by atoms with Gasteiger partial charge in [-0.1, -0.05) is 6.92 Å². The van der Waals surface area contributed by atoms with E-state index < -0.39 is 5.97 Å². The van der Waals surface area contributed by atoms with Crippen molar-refractivity contribution in [3.8, 4) is 0 Å². The maximum absolute atomic E-state index is 11.0. The van der Waals surface area contributed by atoms with E-state index in [0.717, 1.165) is 26.1 Å². The molecule has 1 rings (SSSR count). The van der Waals surface area contributed by atoms with E-state index in [2.05, 4.69) is 10.2 Å². The molecular formula is C11H20N2O3. The van der Waals surface area contributed by atoms with Crippen LogP contribution in [0.5, 0.6) is 0 Å². The highest BCUT2D eigenvalue weighted by molar-refractivity contribution is 5.73. The quantitative estimate of drug-likeness (QED) is 0.726. The molecule has 92 valence electrons. The fourth-order valence-corrected chi connectivity index (χ4v) is 2.35. The molecule has 2 atom stereocenters. The molecule has 0 aliphatic carbocycles. The van der Waals surface area contributed by atoms with Gasteiger partial charge in [0.25, 0.3) is 0 Å². The Labute approximate surface area is 95.8 Å². The second kappa shape index (κ2) is 5.84. The van der Waals surface area contributed by atoms with E-state index in [0.29, 0.717) is 0 Å². The van der Waals surface area contributed by atoms with Gasteiger partial charge in [0.15, 0.2) is 0 Å². The van der Waals surface area contributed by atoms with Crippen molar-refractivity contribution in [3.63, 3.8) is 0 Å². The Balaban J connectivity index is 2.53. The van der Waals surface area contributed by atoms with Gasteiger partial charge in [-0.25, -0.2) is 0 Å². The van der Waals surface area contributed by atoms with Crippen molar-refractivity contribution in [1.29, 1.82) is 0 Å². The summed E-state index contributed by atoms with van der Waals surface area (Å²) in [5.74, 6) is -0.662. The number of carbonyl (C=O) groups excluding carboxylic acids is 1. The molecule has 2 N–H and O–H groups in total. The largest absolute Gasteiger partial charge is 0.481 e. The van der Waals surface area contributed by atoms with Gasteiger partial charge in [-0.2, -0.15) is 0 Å². The molecule has 0 aromatic rings. The van der Waals surface area contributed by atoms with Crippen LogP contribution in [0.15, 0.2) is 0 Å². The van der Waals surface area contributed by atoms with Crippen LogP contribution < -0.4 is 5.32 Å². The van der Waals surface area contributed by atoms with Crippen molar-refractivity contribution < 1.29 is 14.7 Å². The Kier molecular flexibility index (Phi) is 4.73. The van der Waals surface area contributed by atoms with Gasteiger partial charge in [0, 0.05) is 32.5 Å². The minimum atomic E-state index is -0.760. The van der Waals surface area contributed by atoms with Crippen LogP contribution in [0.25, 0.3) is 0 Å². The third kappa shape index (κ3) is 4.18. The number of carbonyl (C=O) groups is 2. The van der Waals surface area contributed by atoms with E-state index >= 15 is 0 Å². The second-order valence-electron chi connectivity index (χ2n) is 4.45. The lowest BCUT2D eigenvalue weighted by Crippen LogP contribution is -2.50. The number of piperidine rings is 1. The summed E-state index contributed by atoms with van der Waals surface area (Å²) in [6, 6.07) is 0.0931. The summed E-state index contributed by atoms with van der Waals surface area (Å²) in [6.07, 6.45) is 0.953. The third-order valence-electron chi connectivity index (χ3n) is 2.93. The maximum atomic E-state index is 11.0. The lowest BCUT2D eigenvalue weighted by atomic mass is 9.91. The zero-order chi connectivity index (χ0) is 12.1. The van der Waals surface area contributed by atoms with E-state index in [4.69, 9.17) is 5.11 Å². The van der Waals surface area contributed by atoms with Crippen LogP contribution in [-0.4, -0.2) is 47.6 Å². The molecule has 0 saturated carbocycles. The number of likely N-dealkylation sites (N-methyl/N-ethyl adjacent to an activating group) is 1. The fourth-order valence-electron chi connectivity index (χ4n) is 2.35. The molecular weight excluding hydrogens is 208 g/mol. The first-order valence-electron chi connectivity index (χ1n) is 5.72. The van der Waals surface area contributed by atoms with Crippen LogP contribution in [0.4, 0.5) is 0 Å². The first-order valence-corrected chi connectivity index (χ1v) is 5.72. The van der Waals surface area contributed by atoms with Gasteiger partial charge in [0.05, 0.1) is 0 Å². The third-order valence-corrected chi connectivity index (χ3v) is 2.93. The van der Waals surface area contributed by atoms with Crippen molar-refractivity contribution >= 4 is 11.9 Å². The van der Waals surface area contributed by atoms with Crippen molar-refractivity contribution in [1.82, 2.24) is 10.2 Å². The van der Waals surface area contributed by atoms with E-state index in [9.17, 15) is 9.59 Å². The van der Waals surface area contributed by atoms with Crippen LogP contribution in [0, 0.1) is 5.92 Å². The highest BCUT2D eigenvalue weighted by Crippen LogP contribution is 2.19. The van der Waals surface area contributed by atoms with E-state index in [-0.39, 0.29) is 24.3 Å². The van der Waals surface area contributed by atoms with Gasteiger partial charge in [0.1, 0.15) is 0 Å². The van der Waals surface area contributed by atoms with Crippen LogP contribution in [-0.2, 0) is 9.59 Å². The molecule has 0 bridgehead atoms. The molecule has 1 heterocycles. The summed E-state index contributed by atoms with van der Waals surface area (Å²) < 4.78 is 0. The van der Waals surface area contributed by atoms with Gasteiger partial charge in [-0.15, -0.1) is 0 Å². The molecule has 5 heteroatoms. The summed E-state index contributed by atoms with van der Waals surface area (Å²) in [5.41, 5.74) is 0. The van der Waals surface area contributed by atoms with Gasteiger partial charge in [0.2, 0.25) is 5.91 Å². The second-order valence-corrected chi connectivity index (χ2v) is 4.45. The Morgan fingerprint density at radius 3 is 2.62 bits per heavy atom. The number of likely N-dealkylation sites (tertiary alicyclic amines) is 1. The average Bonchev–Trinajstić information content (AvgIpc) is 2.14. The average molecular weight is 228 g/mol. The number of hydrogen-bond donors (Lipinski definition) is 2. The summed E-state index contributed by atoms with van der Waals surface area (Å²) in [5, 5.41) is 11.7. The van der Waals surface area contributed by atoms with Crippen LogP contribution in [0.3, 0.4) is 0 Å². The predicted octanol–water partition coefficient (Wildman–Crippen LogP) is 0.308. The molecule has 1 fully saturated rings. The Morgan fingerprint density at radius 1 is 1.44 bits per heavy atom.